The second kappa shape index (κ2) is 8.82. The average molecular weight is 402 g/mol. The second-order valence-electron chi connectivity index (χ2n) is 7.20. The van der Waals surface area contributed by atoms with Gasteiger partial charge in [0.05, 0.1) is 5.52 Å². The molecule has 0 spiro atoms. The summed E-state index contributed by atoms with van der Waals surface area (Å²) in [7, 11) is 3.71. The van der Waals surface area contributed by atoms with E-state index in [1.54, 1.807) is 42.5 Å². The number of carbonyl (C=O) groups excluding carboxylic acids is 2. The van der Waals surface area contributed by atoms with Crippen molar-refractivity contribution in [2.45, 2.75) is 12.0 Å². The minimum atomic E-state index is -1.72. The number of nitrogens with zero attached hydrogens (tertiary/aromatic N) is 3. The molecule has 0 saturated carbocycles. The number of hydrogen-bond donors (Lipinski definition) is 2. The summed E-state index contributed by atoms with van der Waals surface area (Å²) in [5.41, 5.74) is 5.74. The highest BCUT2D eigenvalue weighted by Gasteiger charge is 2.23. The quantitative estimate of drug-likeness (QED) is 0.479. The predicted octanol–water partition coefficient (Wildman–Crippen LogP) is 1.63. The molecule has 0 unspecified atom stereocenters. The molecule has 0 saturated heterocycles. The van der Waals surface area contributed by atoms with Gasteiger partial charge >= 0.3 is 0 Å². The Balaban J connectivity index is 1.99. The molecule has 7 nitrogen and oxygen atoms in total. The number of hydrogen-bond acceptors (Lipinski definition) is 6. The minimum Gasteiger partial charge on any atom is -0.371 e. The van der Waals surface area contributed by atoms with E-state index in [-0.39, 0.29) is 12.1 Å². The normalized spacial score (nSPS) is 12.8. The Morgan fingerprint density at radius 2 is 1.97 bits per heavy atom. The zero-order valence-electron chi connectivity index (χ0n) is 16.8. The molecule has 1 atom stereocenters. The molecule has 1 aromatic heterocycles. The first-order valence-corrected chi connectivity index (χ1v) is 9.35. The molecule has 1 heterocycles. The van der Waals surface area contributed by atoms with E-state index in [1.807, 2.05) is 25.1 Å². The number of primary amides is 1. The fourth-order valence-corrected chi connectivity index (χ4v) is 2.85. The number of fused-ring (bicyclic) bond motifs is 1. The van der Waals surface area contributed by atoms with Crippen LogP contribution in [0.1, 0.15) is 22.5 Å². The van der Waals surface area contributed by atoms with Crippen molar-refractivity contribution in [3.63, 3.8) is 0 Å². The molecule has 2 aromatic carbocycles. The lowest BCUT2D eigenvalue weighted by molar-refractivity contribution is -0.119. The summed E-state index contributed by atoms with van der Waals surface area (Å²) in [5, 5.41) is 11.0. The molecule has 3 aromatic rings. The van der Waals surface area contributed by atoms with Crippen molar-refractivity contribution in [2.75, 3.05) is 20.6 Å². The molecule has 7 heteroatoms. The largest absolute Gasteiger partial charge is 0.371 e. The van der Waals surface area contributed by atoms with E-state index in [0.29, 0.717) is 40.7 Å². The van der Waals surface area contributed by atoms with Crippen molar-refractivity contribution in [1.82, 2.24) is 14.9 Å². The molecule has 30 heavy (non-hydrogen) atoms. The Kier molecular flexibility index (Phi) is 6.21. The molecule has 1 amide bonds. The highest BCUT2D eigenvalue weighted by molar-refractivity contribution is 6.04. The van der Waals surface area contributed by atoms with Gasteiger partial charge in [-0.15, -0.1) is 0 Å². The fourth-order valence-electron chi connectivity index (χ4n) is 2.85. The smallest absolute Gasteiger partial charge is 0.268 e. The summed E-state index contributed by atoms with van der Waals surface area (Å²) in [4.78, 5) is 33.9. The Morgan fingerprint density at radius 1 is 1.20 bits per heavy atom. The number of para-hydroxylation sites is 1. The number of benzene rings is 2. The first kappa shape index (κ1) is 21.1. The zero-order valence-corrected chi connectivity index (χ0v) is 16.8. The van der Waals surface area contributed by atoms with Gasteiger partial charge in [0.15, 0.2) is 17.7 Å². The Bertz CT molecular complexity index is 1160. The Morgan fingerprint density at radius 3 is 2.67 bits per heavy atom. The Labute approximate surface area is 174 Å². The highest BCUT2D eigenvalue weighted by atomic mass is 16.3. The molecule has 0 aliphatic rings. The first-order valence-electron chi connectivity index (χ1n) is 9.35. The van der Waals surface area contributed by atoms with E-state index < -0.39 is 11.5 Å². The van der Waals surface area contributed by atoms with Crippen LogP contribution in [0.2, 0.25) is 0 Å². The molecular weight excluding hydrogens is 380 g/mol. The predicted molar refractivity (Wildman–Crippen MR) is 115 cm³/mol. The zero-order chi connectivity index (χ0) is 21.7. The summed E-state index contributed by atoms with van der Waals surface area (Å²) in [6.07, 6.45) is 0.658. The van der Waals surface area contributed by atoms with Gasteiger partial charge in [-0.3, -0.25) is 9.59 Å². The summed E-state index contributed by atoms with van der Waals surface area (Å²) in [5.74, 6) is 5.20. The van der Waals surface area contributed by atoms with Crippen LogP contribution in [0.15, 0.2) is 48.5 Å². The highest BCUT2D eigenvalue weighted by Crippen LogP contribution is 2.22. The number of amides is 1. The minimum absolute atomic E-state index is 0.145. The van der Waals surface area contributed by atoms with E-state index in [0.717, 1.165) is 0 Å². The van der Waals surface area contributed by atoms with Crippen molar-refractivity contribution >= 4 is 23.1 Å². The lowest BCUT2D eigenvalue weighted by atomic mass is 10.0. The van der Waals surface area contributed by atoms with E-state index in [9.17, 15) is 14.7 Å². The Hall–Kier alpha value is -3.60. The number of carbonyl (C=O) groups is 2. The van der Waals surface area contributed by atoms with E-state index >= 15 is 0 Å². The van der Waals surface area contributed by atoms with Gasteiger partial charge < -0.3 is 15.7 Å². The van der Waals surface area contributed by atoms with E-state index in [2.05, 4.69) is 21.8 Å². The monoisotopic (exact) mass is 402 g/mol. The molecule has 0 aliphatic carbocycles. The van der Waals surface area contributed by atoms with Crippen molar-refractivity contribution < 1.29 is 14.7 Å². The molecule has 0 aliphatic heterocycles. The molecule has 3 N–H and O–H groups in total. The lowest BCUT2D eigenvalue weighted by Crippen LogP contribution is -2.33. The number of aromatic nitrogens is 2. The molecule has 152 valence electrons. The van der Waals surface area contributed by atoms with Gasteiger partial charge in [-0.1, -0.05) is 42.2 Å². The first-order chi connectivity index (χ1) is 14.3. The van der Waals surface area contributed by atoms with Gasteiger partial charge in [-0.2, -0.15) is 0 Å². The van der Waals surface area contributed by atoms with E-state index in [4.69, 9.17) is 5.73 Å². The summed E-state index contributed by atoms with van der Waals surface area (Å²) >= 11 is 0. The average Bonchev–Trinajstić information content (AvgIpc) is 2.75. The summed E-state index contributed by atoms with van der Waals surface area (Å²) in [6, 6.07) is 14.2. The fraction of sp³-hybridized carbons (Fsp3) is 0.217. The van der Waals surface area contributed by atoms with Gasteiger partial charge in [-0.05, 0) is 32.3 Å². The van der Waals surface area contributed by atoms with Crippen LogP contribution in [-0.4, -0.2) is 58.4 Å². The van der Waals surface area contributed by atoms with Crippen LogP contribution in [0, 0.1) is 11.8 Å². The standard InChI is InChI=1S/C23H22N4O3/c1-27(2)13-12-23(30,15-28)11-10-16-6-5-7-17(14-16)22-25-19-9-4-3-8-18(19)20(26-22)21(24)29/h3-9,14-15,30H,12-13H2,1-2H3,(H2,24,29)/t23-/m0/s1. The maximum atomic E-state index is 11.9. The van der Waals surface area contributed by atoms with Crippen LogP contribution in [0.3, 0.4) is 0 Å². The van der Waals surface area contributed by atoms with Crippen LogP contribution in [0.5, 0.6) is 0 Å². The van der Waals surface area contributed by atoms with Gasteiger partial charge in [-0.25, -0.2) is 9.97 Å². The maximum Gasteiger partial charge on any atom is 0.268 e. The van der Waals surface area contributed by atoms with Gasteiger partial charge in [0, 0.05) is 29.5 Å². The third-order valence-electron chi connectivity index (χ3n) is 4.52. The van der Waals surface area contributed by atoms with Crippen molar-refractivity contribution in [2.24, 2.45) is 5.73 Å². The topological polar surface area (TPSA) is 109 Å². The van der Waals surface area contributed by atoms with Crippen LogP contribution in [0.4, 0.5) is 0 Å². The van der Waals surface area contributed by atoms with E-state index in [1.165, 1.54) is 0 Å². The third-order valence-corrected chi connectivity index (χ3v) is 4.52. The van der Waals surface area contributed by atoms with Crippen LogP contribution >= 0.6 is 0 Å². The van der Waals surface area contributed by atoms with Crippen molar-refractivity contribution in [3.05, 3.63) is 59.8 Å². The second-order valence-corrected chi connectivity index (χ2v) is 7.20. The third kappa shape index (κ3) is 4.87. The van der Waals surface area contributed by atoms with Crippen molar-refractivity contribution in [1.29, 1.82) is 0 Å². The van der Waals surface area contributed by atoms with Crippen LogP contribution < -0.4 is 5.73 Å². The van der Waals surface area contributed by atoms with Crippen LogP contribution in [-0.2, 0) is 4.79 Å². The van der Waals surface area contributed by atoms with Crippen molar-refractivity contribution in [3.8, 4) is 23.2 Å². The van der Waals surface area contributed by atoms with Gasteiger partial charge in [0.1, 0.15) is 5.69 Å². The maximum absolute atomic E-state index is 11.9. The summed E-state index contributed by atoms with van der Waals surface area (Å²) in [6.45, 7) is 0.519. The van der Waals surface area contributed by atoms with Gasteiger partial charge in [0.2, 0.25) is 0 Å². The summed E-state index contributed by atoms with van der Waals surface area (Å²) < 4.78 is 0. The lowest BCUT2D eigenvalue weighted by Gasteiger charge is -2.17. The number of nitrogens with two attached hydrogens (primary N) is 1. The SMILES string of the molecule is CN(C)CC[C@@](O)(C#Cc1cccc(-c2nc(C(N)=O)c3ccccc3n2)c1)C=O. The molecule has 0 bridgehead atoms. The molecule has 0 fully saturated rings. The molecule has 3 rings (SSSR count). The number of rotatable bonds is 6. The van der Waals surface area contributed by atoms with Crippen LogP contribution in [0.25, 0.3) is 22.3 Å². The van der Waals surface area contributed by atoms with Gasteiger partial charge in [0.25, 0.3) is 5.91 Å². The number of aliphatic hydroxyl groups is 1. The molecule has 0 radical (unpaired) electrons. The molecular formula is C23H22N4O3. The number of aldehydes is 1.